The number of ether oxygens (including phenoxy) is 1. The molecule has 1 aliphatic heterocycles. The van der Waals surface area contributed by atoms with Crippen LogP contribution in [0.2, 0.25) is 0 Å². The van der Waals surface area contributed by atoms with Crippen LogP contribution < -0.4 is 5.73 Å². The third-order valence-corrected chi connectivity index (χ3v) is 4.63. The van der Waals surface area contributed by atoms with Crippen molar-refractivity contribution in [3.63, 3.8) is 0 Å². The molecule has 1 saturated carbocycles. The zero-order valence-corrected chi connectivity index (χ0v) is 10.7. The first-order valence-corrected chi connectivity index (χ1v) is 7.03. The summed E-state index contributed by atoms with van der Waals surface area (Å²) in [6, 6.07) is 1.88. The summed E-state index contributed by atoms with van der Waals surface area (Å²) in [5.74, 6) is 2.07. The van der Waals surface area contributed by atoms with Crippen LogP contribution in [0.4, 0.5) is 5.82 Å². The lowest BCUT2D eigenvalue weighted by Gasteiger charge is -2.13. The van der Waals surface area contributed by atoms with Crippen LogP contribution in [0.3, 0.4) is 0 Å². The molecule has 0 spiro atoms. The Balaban J connectivity index is 1.77. The van der Waals surface area contributed by atoms with E-state index in [-0.39, 0.29) is 0 Å². The molecule has 1 aliphatic carbocycles. The minimum Gasteiger partial charge on any atom is -0.384 e. The van der Waals surface area contributed by atoms with Crippen molar-refractivity contribution < 1.29 is 4.74 Å². The van der Waals surface area contributed by atoms with Crippen LogP contribution in [0.5, 0.6) is 0 Å². The number of rotatable bonds is 3. The first-order chi connectivity index (χ1) is 8.22. The highest BCUT2D eigenvalue weighted by atomic mass is 32.2. The molecule has 2 fully saturated rings. The molecule has 2 aliphatic rings. The van der Waals surface area contributed by atoms with E-state index < -0.39 is 0 Å². The van der Waals surface area contributed by atoms with E-state index in [4.69, 9.17) is 10.5 Å². The number of thioether (sulfide) groups is 1. The van der Waals surface area contributed by atoms with E-state index in [9.17, 15) is 0 Å². The minimum absolute atomic E-state index is 0.306. The second-order valence-corrected chi connectivity index (χ2v) is 6.04. The number of nitrogens with zero attached hydrogens (tertiary/aromatic N) is 2. The maximum atomic E-state index is 5.84. The maximum absolute atomic E-state index is 5.84. The van der Waals surface area contributed by atoms with Crippen LogP contribution >= 0.6 is 11.8 Å². The molecule has 0 amide bonds. The quantitative estimate of drug-likeness (QED) is 0.834. The molecule has 17 heavy (non-hydrogen) atoms. The van der Waals surface area contributed by atoms with Crippen molar-refractivity contribution in [2.24, 2.45) is 0 Å². The summed E-state index contributed by atoms with van der Waals surface area (Å²) in [5, 5.41) is 1.50. The topological polar surface area (TPSA) is 61.0 Å². The average molecular weight is 251 g/mol. The van der Waals surface area contributed by atoms with E-state index in [1.54, 1.807) is 11.8 Å². The van der Waals surface area contributed by atoms with E-state index in [2.05, 4.69) is 16.9 Å². The van der Waals surface area contributed by atoms with Gasteiger partial charge in [0.2, 0.25) is 0 Å². The van der Waals surface area contributed by atoms with Crippen molar-refractivity contribution >= 4 is 17.6 Å². The summed E-state index contributed by atoms with van der Waals surface area (Å²) in [4.78, 5) is 8.92. The van der Waals surface area contributed by atoms with Gasteiger partial charge in [-0.2, -0.15) is 0 Å². The van der Waals surface area contributed by atoms with Gasteiger partial charge in [0.15, 0.2) is 0 Å². The van der Waals surface area contributed by atoms with Gasteiger partial charge in [-0.3, -0.25) is 0 Å². The highest BCUT2D eigenvalue weighted by Gasteiger charge is 2.29. The molecule has 2 unspecified atom stereocenters. The molecule has 3 rings (SSSR count). The van der Waals surface area contributed by atoms with Crippen LogP contribution in [0, 0.1) is 0 Å². The predicted molar refractivity (Wildman–Crippen MR) is 68.1 cm³/mol. The zero-order valence-electron chi connectivity index (χ0n) is 9.93. The Hall–Kier alpha value is -0.810. The number of hydrogen-bond acceptors (Lipinski definition) is 5. The average Bonchev–Trinajstić information content (AvgIpc) is 3.05. The third kappa shape index (κ3) is 2.55. The Kier molecular flexibility index (Phi) is 2.96. The van der Waals surface area contributed by atoms with E-state index >= 15 is 0 Å². The van der Waals surface area contributed by atoms with Gasteiger partial charge in [0.05, 0.1) is 6.10 Å². The highest BCUT2D eigenvalue weighted by molar-refractivity contribution is 7.99. The fraction of sp³-hybridized carbons (Fsp3) is 0.667. The summed E-state index contributed by atoms with van der Waals surface area (Å²) >= 11 is 1.78. The normalized spacial score (nSPS) is 28.5. The molecule has 0 aromatic carbocycles. The number of anilines is 1. The molecule has 2 heterocycles. The first-order valence-electron chi connectivity index (χ1n) is 6.15. The van der Waals surface area contributed by atoms with Crippen LogP contribution in [0.15, 0.2) is 11.1 Å². The molecule has 0 bridgehead atoms. The Bertz CT molecular complexity index is 422. The standard InChI is InChI=1S/C12H17N3OS/c1-7-9(4-5-16-7)17-11-6-10(13)14-12(15-11)8-2-3-8/h6-9H,2-5H2,1H3,(H2,13,14,15). The van der Waals surface area contributed by atoms with Gasteiger partial charge in [-0.05, 0) is 26.2 Å². The van der Waals surface area contributed by atoms with E-state index in [0.29, 0.717) is 23.1 Å². The van der Waals surface area contributed by atoms with Gasteiger partial charge in [-0.15, -0.1) is 11.8 Å². The molecular weight excluding hydrogens is 234 g/mol. The lowest BCUT2D eigenvalue weighted by atomic mass is 10.3. The summed E-state index contributed by atoms with van der Waals surface area (Å²) in [6.07, 6.45) is 3.81. The smallest absolute Gasteiger partial charge is 0.135 e. The summed E-state index contributed by atoms with van der Waals surface area (Å²) < 4.78 is 5.56. The number of hydrogen-bond donors (Lipinski definition) is 1. The lowest BCUT2D eigenvalue weighted by molar-refractivity contribution is 0.127. The molecule has 4 nitrogen and oxygen atoms in total. The number of nitrogen functional groups attached to an aromatic ring is 1. The Labute approximate surface area is 105 Å². The van der Waals surface area contributed by atoms with Crippen molar-refractivity contribution in [2.75, 3.05) is 12.3 Å². The summed E-state index contributed by atoms with van der Waals surface area (Å²) in [7, 11) is 0. The van der Waals surface area contributed by atoms with Crippen LogP contribution in [0.25, 0.3) is 0 Å². The van der Waals surface area contributed by atoms with Gasteiger partial charge in [-0.25, -0.2) is 9.97 Å². The summed E-state index contributed by atoms with van der Waals surface area (Å²) in [5.41, 5.74) is 5.84. The first kappa shape index (κ1) is 11.3. The van der Waals surface area contributed by atoms with E-state index in [1.165, 1.54) is 12.8 Å². The van der Waals surface area contributed by atoms with Crippen molar-refractivity contribution in [3.05, 3.63) is 11.9 Å². The van der Waals surface area contributed by atoms with Gasteiger partial charge in [-0.1, -0.05) is 0 Å². The van der Waals surface area contributed by atoms with Crippen LogP contribution in [0.1, 0.15) is 37.9 Å². The Morgan fingerprint density at radius 1 is 1.35 bits per heavy atom. The summed E-state index contributed by atoms with van der Waals surface area (Å²) in [6.45, 7) is 2.98. The number of nitrogens with two attached hydrogens (primary N) is 1. The van der Waals surface area contributed by atoms with Gasteiger partial charge in [0.1, 0.15) is 16.7 Å². The van der Waals surface area contributed by atoms with E-state index in [1.807, 2.05) is 6.07 Å². The molecule has 2 atom stereocenters. The van der Waals surface area contributed by atoms with Crippen molar-refractivity contribution in [1.29, 1.82) is 0 Å². The maximum Gasteiger partial charge on any atom is 0.135 e. The Morgan fingerprint density at radius 2 is 2.18 bits per heavy atom. The molecule has 1 aromatic heterocycles. The van der Waals surface area contributed by atoms with Crippen molar-refractivity contribution in [2.45, 2.75) is 48.5 Å². The third-order valence-electron chi connectivity index (χ3n) is 3.26. The van der Waals surface area contributed by atoms with Gasteiger partial charge in [0, 0.05) is 23.8 Å². The molecule has 1 saturated heterocycles. The fourth-order valence-corrected chi connectivity index (χ4v) is 3.20. The second-order valence-electron chi connectivity index (χ2n) is 4.78. The monoisotopic (exact) mass is 251 g/mol. The largest absolute Gasteiger partial charge is 0.384 e. The second kappa shape index (κ2) is 4.46. The number of aromatic nitrogens is 2. The van der Waals surface area contributed by atoms with Crippen molar-refractivity contribution in [1.82, 2.24) is 9.97 Å². The molecule has 1 aromatic rings. The molecule has 5 heteroatoms. The van der Waals surface area contributed by atoms with Gasteiger partial charge >= 0.3 is 0 Å². The van der Waals surface area contributed by atoms with Crippen LogP contribution in [-0.4, -0.2) is 27.9 Å². The SMILES string of the molecule is CC1OCCC1Sc1cc(N)nc(C2CC2)n1. The molecule has 92 valence electrons. The predicted octanol–water partition coefficient (Wildman–Crippen LogP) is 2.21. The highest BCUT2D eigenvalue weighted by Crippen LogP contribution is 2.40. The zero-order chi connectivity index (χ0) is 11.8. The Morgan fingerprint density at radius 3 is 2.82 bits per heavy atom. The minimum atomic E-state index is 0.306. The molecule has 2 N–H and O–H groups in total. The van der Waals surface area contributed by atoms with Gasteiger partial charge in [0.25, 0.3) is 0 Å². The van der Waals surface area contributed by atoms with E-state index in [0.717, 1.165) is 23.9 Å². The van der Waals surface area contributed by atoms with Gasteiger partial charge < -0.3 is 10.5 Å². The lowest BCUT2D eigenvalue weighted by Crippen LogP contribution is -2.13. The van der Waals surface area contributed by atoms with Crippen molar-refractivity contribution in [3.8, 4) is 0 Å². The fourth-order valence-electron chi connectivity index (χ4n) is 2.07. The molecule has 0 radical (unpaired) electrons. The van der Waals surface area contributed by atoms with Crippen LogP contribution in [-0.2, 0) is 4.74 Å². The molecular formula is C12H17N3OS.